The first kappa shape index (κ1) is 14.5. The monoisotopic (exact) mass is 314 g/mol. The molecule has 3 aromatic rings. The highest BCUT2D eigenvalue weighted by Gasteiger charge is 2.08. The number of aromatic nitrogens is 1. The Hall–Kier alpha value is -2.40. The van der Waals surface area contributed by atoms with Gasteiger partial charge in [-0.05, 0) is 42.3 Å². The molecular formula is C17H15FN2OS. The van der Waals surface area contributed by atoms with E-state index in [0.29, 0.717) is 12.1 Å². The number of phenols is 1. The van der Waals surface area contributed by atoms with E-state index in [2.05, 4.69) is 10.3 Å². The zero-order chi connectivity index (χ0) is 15.5. The number of rotatable bonds is 4. The number of thiazole rings is 1. The summed E-state index contributed by atoms with van der Waals surface area (Å²) in [5.74, 6) is 0.0322. The topological polar surface area (TPSA) is 45.2 Å². The standard InChI is InChI=1S/C17H15FN2OS/c1-11-8-13(21)6-7-14(11)16-10-20-17(22-16)19-9-12-4-2-3-5-15(12)18/h2-8,10,21H,9H2,1H3,(H,19,20). The number of nitrogens with zero attached hydrogens (tertiary/aromatic N) is 1. The Bertz CT molecular complexity index is 801. The average molecular weight is 314 g/mol. The first-order chi connectivity index (χ1) is 10.6. The van der Waals surface area contributed by atoms with Crippen LogP contribution in [0.1, 0.15) is 11.1 Å². The maximum Gasteiger partial charge on any atom is 0.183 e. The second-order valence-corrected chi connectivity index (χ2v) is 6.00. The number of aryl methyl sites for hydroxylation is 1. The van der Waals surface area contributed by atoms with Gasteiger partial charge in [-0.1, -0.05) is 29.5 Å². The van der Waals surface area contributed by atoms with Crippen LogP contribution in [0.15, 0.2) is 48.7 Å². The molecule has 0 fully saturated rings. The summed E-state index contributed by atoms with van der Waals surface area (Å²) in [4.78, 5) is 5.33. The van der Waals surface area contributed by atoms with Gasteiger partial charge >= 0.3 is 0 Å². The number of hydrogen-bond donors (Lipinski definition) is 2. The van der Waals surface area contributed by atoms with Crippen LogP contribution in [0, 0.1) is 12.7 Å². The van der Waals surface area contributed by atoms with Crippen molar-refractivity contribution >= 4 is 16.5 Å². The fourth-order valence-corrected chi connectivity index (χ4v) is 3.12. The van der Waals surface area contributed by atoms with E-state index in [9.17, 15) is 9.50 Å². The molecule has 1 heterocycles. The van der Waals surface area contributed by atoms with E-state index >= 15 is 0 Å². The lowest BCUT2D eigenvalue weighted by atomic mass is 10.1. The van der Waals surface area contributed by atoms with Crippen LogP contribution in [0.3, 0.4) is 0 Å². The van der Waals surface area contributed by atoms with Crippen LogP contribution in [0.25, 0.3) is 10.4 Å². The Morgan fingerprint density at radius 2 is 2.05 bits per heavy atom. The maximum absolute atomic E-state index is 13.6. The molecule has 0 amide bonds. The summed E-state index contributed by atoms with van der Waals surface area (Å²) in [5, 5.41) is 13.3. The van der Waals surface area contributed by atoms with Gasteiger partial charge in [0.2, 0.25) is 0 Å². The fourth-order valence-electron chi connectivity index (χ4n) is 2.22. The first-order valence-corrected chi connectivity index (χ1v) is 7.68. The third-order valence-electron chi connectivity index (χ3n) is 3.37. The molecule has 22 heavy (non-hydrogen) atoms. The molecule has 1 aromatic heterocycles. The number of benzene rings is 2. The van der Waals surface area contributed by atoms with Gasteiger partial charge in [-0.25, -0.2) is 9.37 Å². The number of hydrogen-bond acceptors (Lipinski definition) is 4. The molecule has 3 nitrogen and oxygen atoms in total. The Balaban J connectivity index is 1.75. The predicted octanol–water partition coefficient (Wildman–Crippen LogP) is 4.58. The van der Waals surface area contributed by atoms with E-state index in [0.717, 1.165) is 21.1 Å². The molecule has 0 aliphatic heterocycles. The van der Waals surface area contributed by atoms with Gasteiger partial charge in [0, 0.05) is 18.3 Å². The van der Waals surface area contributed by atoms with Crippen molar-refractivity contribution in [1.82, 2.24) is 4.98 Å². The van der Waals surface area contributed by atoms with Crippen LogP contribution in [0.4, 0.5) is 9.52 Å². The van der Waals surface area contributed by atoms with Crippen LogP contribution in [-0.4, -0.2) is 10.1 Å². The first-order valence-electron chi connectivity index (χ1n) is 6.86. The van der Waals surface area contributed by atoms with Crippen molar-refractivity contribution in [3.63, 3.8) is 0 Å². The van der Waals surface area contributed by atoms with Gasteiger partial charge in [-0.15, -0.1) is 0 Å². The Morgan fingerprint density at radius 1 is 1.23 bits per heavy atom. The maximum atomic E-state index is 13.6. The number of aromatic hydroxyl groups is 1. The largest absolute Gasteiger partial charge is 0.508 e. The highest BCUT2D eigenvalue weighted by molar-refractivity contribution is 7.18. The van der Waals surface area contributed by atoms with E-state index in [1.807, 2.05) is 19.1 Å². The van der Waals surface area contributed by atoms with E-state index in [1.165, 1.54) is 17.4 Å². The molecule has 0 saturated heterocycles. The second kappa shape index (κ2) is 6.15. The van der Waals surface area contributed by atoms with Crippen LogP contribution >= 0.6 is 11.3 Å². The summed E-state index contributed by atoms with van der Waals surface area (Å²) in [6, 6.07) is 11.9. The molecule has 5 heteroatoms. The van der Waals surface area contributed by atoms with E-state index in [4.69, 9.17) is 0 Å². The van der Waals surface area contributed by atoms with Crippen molar-refractivity contribution in [1.29, 1.82) is 0 Å². The highest BCUT2D eigenvalue weighted by atomic mass is 32.1. The van der Waals surface area contributed by atoms with Gasteiger partial charge in [0.05, 0.1) is 4.88 Å². The van der Waals surface area contributed by atoms with Crippen molar-refractivity contribution < 1.29 is 9.50 Å². The lowest BCUT2D eigenvalue weighted by molar-refractivity contribution is 0.475. The van der Waals surface area contributed by atoms with Gasteiger partial charge < -0.3 is 10.4 Å². The summed E-state index contributed by atoms with van der Waals surface area (Å²) in [7, 11) is 0. The summed E-state index contributed by atoms with van der Waals surface area (Å²) < 4.78 is 13.6. The van der Waals surface area contributed by atoms with E-state index in [-0.39, 0.29) is 11.6 Å². The van der Waals surface area contributed by atoms with Gasteiger partial charge in [0.15, 0.2) is 5.13 Å². The van der Waals surface area contributed by atoms with E-state index < -0.39 is 0 Å². The van der Waals surface area contributed by atoms with Crippen LogP contribution in [0.5, 0.6) is 5.75 Å². The van der Waals surface area contributed by atoms with Crippen molar-refractivity contribution in [3.8, 4) is 16.2 Å². The van der Waals surface area contributed by atoms with Crippen molar-refractivity contribution in [3.05, 3.63) is 65.6 Å². The molecule has 0 unspecified atom stereocenters. The molecule has 0 radical (unpaired) electrons. The molecule has 2 N–H and O–H groups in total. The molecule has 3 rings (SSSR count). The molecule has 0 spiro atoms. The smallest absolute Gasteiger partial charge is 0.183 e. The Kier molecular flexibility index (Phi) is 4.06. The zero-order valence-corrected chi connectivity index (χ0v) is 12.8. The third-order valence-corrected chi connectivity index (χ3v) is 4.36. The normalized spacial score (nSPS) is 10.6. The van der Waals surface area contributed by atoms with Crippen molar-refractivity contribution in [2.45, 2.75) is 13.5 Å². The summed E-state index contributed by atoms with van der Waals surface area (Å²) in [6.45, 7) is 2.34. The molecular weight excluding hydrogens is 299 g/mol. The van der Waals surface area contributed by atoms with Gasteiger partial charge in [0.25, 0.3) is 0 Å². The number of halogens is 1. The molecule has 0 aliphatic carbocycles. The van der Waals surface area contributed by atoms with Crippen LogP contribution < -0.4 is 5.32 Å². The molecule has 2 aromatic carbocycles. The van der Waals surface area contributed by atoms with Crippen LogP contribution in [0.2, 0.25) is 0 Å². The quantitative estimate of drug-likeness (QED) is 0.741. The summed E-state index contributed by atoms with van der Waals surface area (Å²) in [6.07, 6.45) is 1.79. The predicted molar refractivity (Wildman–Crippen MR) is 87.7 cm³/mol. The number of nitrogens with one attached hydrogen (secondary N) is 1. The summed E-state index contributed by atoms with van der Waals surface area (Å²) >= 11 is 1.50. The molecule has 0 aliphatic rings. The van der Waals surface area contributed by atoms with Crippen molar-refractivity contribution in [2.75, 3.05) is 5.32 Å². The Labute approximate surface area is 132 Å². The van der Waals surface area contributed by atoms with Crippen LogP contribution in [-0.2, 0) is 6.54 Å². The Morgan fingerprint density at radius 3 is 2.82 bits per heavy atom. The van der Waals surface area contributed by atoms with E-state index in [1.54, 1.807) is 30.5 Å². The second-order valence-electron chi connectivity index (χ2n) is 4.97. The fraction of sp³-hybridized carbons (Fsp3) is 0.118. The SMILES string of the molecule is Cc1cc(O)ccc1-c1cnc(NCc2ccccc2F)s1. The number of phenolic OH excluding ortho intramolecular Hbond substituents is 1. The van der Waals surface area contributed by atoms with Gasteiger partial charge in [-0.2, -0.15) is 0 Å². The minimum atomic E-state index is -0.221. The zero-order valence-electron chi connectivity index (χ0n) is 12.0. The average Bonchev–Trinajstić information content (AvgIpc) is 2.95. The minimum Gasteiger partial charge on any atom is -0.508 e. The third kappa shape index (κ3) is 3.09. The van der Waals surface area contributed by atoms with Gasteiger partial charge in [-0.3, -0.25) is 0 Å². The molecule has 112 valence electrons. The lowest BCUT2D eigenvalue weighted by Crippen LogP contribution is -2.00. The number of anilines is 1. The summed E-state index contributed by atoms with van der Waals surface area (Å²) in [5.41, 5.74) is 2.64. The lowest BCUT2D eigenvalue weighted by Gasteiger charge is -2.04. The highest BCUT2D eigenvalue weighted by Crippen LogP contribution is 2.32. The minimum absolute atomic E-state index is 0.221. The molecule has 0 saturated carbocycles. The van der Waals surface area contributed by atoms with Crippen molar-refractivity contribution in [2.24, 2.45) is 0 Å². The van der Waals surface area contributed by atoms with Gasteiger partial charge in [0.1, 0.15) is 11.6 Å². The molecule has 0 bridgehead atoms. The molecule has 0 atom stereocenters.